The average Bonchev–Trinajstić information content (AvgIpc) is 2.64. The third-order valence-electron chi connectivity index (χ3n) is 3.16. The van der Waals surface area contributed by atoms with Crippen LogP contribution in [0.4, 0.5) is 4.79 Å². The molecule has 0 bridgehead atoms. The molecule has 0 heterocycles. The van der Waals surface area contributed by atoms with Crippen molar-refractivity contribution >= 4 is 16.2 Å². The summed E-state index contributed by atoms with van der Waals surface area (Å²) in [4.78, 5) is 11.5. The molecule has 0 unspecified atom stereocenters. The maximum atomic E-state index is 11.9. The Hall–Kier alpha value is -1.72. The number of hydrogen-bond donors (Lipinski definition) is 1. The van der Waals surface area contributed by atoms with Gasteiger partial charge >= 0.3 is 6.09 Å². The number of carbonyl (C=O) groups excluding carboxylic acids is 1. The van der Waals surface area contributed by atoms with Gasteiger partial charge in [0.15, 0.2) is 0 Å². The van der Waals surface area contributed by atoms with E-state index < -0.39 is 21.8 Å². The third kappa shape index (κ3) is 13.2. The van der Waals surface area contributed by atoms with E-state index in [0.29, 0.717) is 39.6 Å². The van der Waals surface area contributed by atoms with Crippen molar-refractivity contribution in [3.63, 3.8) is 0 Å². The first-order chi connectivity index (χ1) is 13.7. The summed E-state index contributed by atoms with van der Waals surface area (Å²) in [6.45, 7) is 7.60. The fourth-order valence-corrected chi connectivity index (χ4v) is 2.85. The van der Waals surface area contributed by atoms with Crippen LogP contribution in [0.2, 0.25) is 0 Å². The van der Waals surface area contributed by atoms with Crippen molar-refractivity contribution in [1.82, 2.24) is 5.32 Å². The minimum Gasteiger partial charge on any atom is -0.444 e. The van der Waals surface area contributed by atoms with Crippen LogP contribution < -0.4 is 5.32 Å². The Bertz CT molecular complexity index is 673. The van der Waals surface area contributed by atoms with Gasteiger partial charge in [-0.2, -0.15) is 8.42 Å². The van der Waals surface area contributed by atoms with E-state index in [1.807, 2.05) is 0 Å². The van der Waals surface area contributed by atoms with E-state index in [1.165, 1.54) is 12.1 Å². The molecular formula is C19H31NO8S. The molecule has 1 N–H and O–H groups in total. The quantitative estimate of drug-likeness (QED) is 0.350. The summed E-state index contributed by atoms with van der Waals surface area (Å²) < 4.78 is 49.6. The van der Waals surface area contributed by atoms with Crippen LogP contribution in [-0.2, 0) is 33.2 Å². The summed E-state index contributed by atoms with van der Waals surface area (Å²) in [5.74, 6) is 0. The molecule has 166 valence electrons. The Morgan fingerprint density at radius 2 is 1.38 bits per heavy atom. The molecule has 0 saturated carbocycles. The first-order valence-electron chi connectivity index (χ1n) is 9.35. The van der Waals surface area contributed by atoms with Gasteiger partial charge in [-0.3, -0.25) is 4.18 Å². The Kier molecular flexibility index (Phi) is 11.8. The number of rotatable bonds is 14. The van der Waals surface area contributed by atoms with E-state index >= 15 is 0 Å². The van der Waals surface area contributed by atoms with E-state index in [1.54, 1.807) is 39.0 Å². The number of benzene rings is 1. The number of amides is 1. The highest BCUT2D eigenvalue weighted by atomic mass is 32.2. The third-order valence-corrected chi connectivity index (χ3v) is 4.48. The Labute approximate surface area is 172 Å². The van der Waals surface area contributed by atoms with Crippen molar-refractivity contribution < 1.29 is 36.3 Å². The van der Waals surface area contributed by atoms with Gasteiger partial charge in [0.2, 0.25) is 0 Å². The lowest BCUT2D eigenvalue weighted by atomic mass is 10.2. The lowest BCUT2D eigenvalue weighted by Crippen LogP contribution is -2.34. The molecule has 0 spiro atoms. The molecule has 9 nitrogen and oxygen atoms in total. The number of hydrogen-bond acceptors (Lipinski definition) is 8. The van der Waals surface area contributed by atoms with Gasteiger partial charge in [-0.15, -0.1) is 0 Å². The van der Waals surface area contributed by atoms with Crippen molar-refractivity contribution in [2.24, 2.45) is 0 Å². The zero-order valence-electron chi connectivity index (χ0n) is 17.2. The molecule has 0 aliphatic carbocycles. The maximum absolute atomic E-state index is 11.9. The molecule has 1 aromatic rings. The molecule has 0 radical (unpaired) electrons. The summed E-state index contributed by atoms with van der Waals surface area (Å²) in [6, 6.07) is 7.93. The van der Waals surface area contributed by atoms with E-state index in [2.05, 4.69) is 5.32 Å². The number of alkyl carbamates (subject to hydrolysis) is 1. The van der Waals surface area contributed by atoms with E-state index in [4.69, 9.17) is 23.1 Å². The molecule has 0 aromatic heterocycles. The summed E-state index contributed by atoms with van der Waals surface area (Å²) >= 11 is 0. The van der Waals surface area contributed by atoms with E-state index in [-0.39, 0.29) is 18.1 Å². The SMILES string of the molecule is CC(C)(C)OC(=O)NCCOCCOCCOCCOS(=O)(=O)c1ccccc1. The summed E-state index contributed by atoms with van der Waals surface area (Å²) in [5.41, 5.74) is -0.525. The first kappa shape index (κ1) is 25.3. The van der Waals surface area contributed by atoms with Crippen LogP contribution in [0.15, 0.2) is 35.2 Å². The first-order valence-corrected chi connectivity index (χ1v) is 10.8. The molecule has 0 aliphatic heterocycles. The zero-order chi connectivity index (χ0) is 21.6. The van der Waals surface area contributed by atoms with Gasteiger partial charge in [0.1, 0.15) is 5.60 Å². The number of carbonyl (C=O) groups is 1. The molecule has 0 aliphatic rings. The van der Waals surface area contributed by atoms with Gasteiger partial charge in [0.05, 0.1) is 51.1 Å². The van der Waals surface area contributed by atoms with Crippen molar-refractivity contribution in [2.75, 3.05) is 52.8 Å². The number of ether oxygens (including phenoxy) is 4. The number of nitrogens with one attached hydrogen (secondary N) is 1. The second kappa shape index (κ2) is 13.5. The normalized spacial score (nSPS) is 12.0. The van der Waals surface area contributed by atoms with Crippen LogP contribution in [-0.4, -0.2) is 72.9 Å². The van der Waals surface area contributed by atoms with Crippen molar-refractivity contribution in [1.29, 1.82) is 0 Å². The maximum Gasteiger partial charge on any atom is 0.407 e. The van der Waals surface area contributed by atoms with Crippen LogP contribution in [0.5, 0.6) is 0 Å². The molecule has 1 amide bonds. The van der Waals surface area contributed by atoms with E-state index in [9.17, 15) is 13.2 Å². The van der Waals surface area contributed by atoms with Crippen molar-refractivity contribution in [3.8, 4) is 0 Å². The fraction of sp³-hybridized carbons (Fsp3) is 0.632. The molecule has 29 heavy (non-hydrogen) atoms. The van der Waals surface area contributed by atoms with E-state index in [0.717, 1.165) is 0 Å². The Balaban J connectivity index is 1.90. The standard InChI is InChI=1S/C19H31NO8S/c1-19(2,3)28-18(21)20-9-10-24-11-12-25-13-14-26-15-16-27-29(22,23)17-7-5-4-6-8-17/h4-8H,9-16H2,1-3H3,(H,20,21). The zero-order valence-corrected chi connectivity index (χ0v) is 18.0. The monoisotopic (exact) mass is 433 g/mol. The topological polar surface area (TPSA) is 109 Å². The smallest absolute Gasteiger partial charge is 0.407 e. The molecule has 1 aromatic carbocycles. The largest absolute Gasteiger partial charge is 0.444 e. The predicted molar refractivity (Wildman–Crippen MR) is 106 cm³/mol. The van der Waals surface area contributed by atoms with Gasteiger partial charge < -0.3 is 24.3 Å². The van der Waals surface area contributed by atoms with Crippen LogP contribution in [0.1, 0.15) is 20.8 Å². The summed E-state index contributed by atoms with van der Waals surface area (Å²) in [5, 5.41) is 2.59. The molecular weight excluding hydrogens is 402 g/mol. The molecule has 0 fully saturated rings. The lowest BCUT2D eigenvalue weighted by molar-refractivity contribution is 0.00939. The van der Waals surface area contributed by atoms with Crippen LogP contribution >= 0.6 is 0 Å². The second-order valence-electron chi connectivity index (χ2n) is 6.85. The summed E-state index contributed by atoms with van der Waals surface area (Å²) in [6.07, 6.45) is -0.477. The van der Waals surface area contributed by atoms with Gasteiger partial charge in [-0.25, -0.2) is 4.79 Å². The van der Waals surface area contributed by atoms with Crippen molar-refractivity contribution in [3.05, 3.63) is 30.3 Å². The minimum absolute atomic E-state index is 0.0645. The highest BCUT2D eigenvalue weighted by molar-refractivity contribution is 7.86. The Morgan fingerprint density at radius 3 is 1.93 bits per heavy atom. The highest BCUT2D eigenvalue weighted by Gasteiger charge is 2.15. The van der Waals surface area contributed by atoms with Crippen LogP contribution in [0, 0.1) is 0 Å². The minimum atomic E-state index is -3.75. The van der Waals surface area contributed by atoms with Crippen LogP contribution in [0.25, 0.3) is 0 Å². The lowest BCUT2D eigenvalue weighted by Gasteiger charge is -2.19. The van der Waals surface area contributed by atoms with Gasteiger partial charge in [-0.05, 0) is 32.9 Å². The van der Waals surface area contributed by atoms with Crippen molar-refractivity contribution in [2.45, 2.75) is 31.3 Å². The average molecular weight is 434 g/mol. The molecule has 1 rings (SSSR count). The Morgan fingerprint density at radius 1 is 0.862 bits per heavy atom. The highest BCUT2D eigenvalue weighted by Crippen LogP contribution is 2.10. The molecule has 0 atom stereocenters. The van der Waals surface area contributed by atoms with Crippen LogP contribution in [0.3, 0.4) is 0 Å². The van der Waals surface area contributed by atoms with Gasteiger partial charge in [0, 0.05) is 6.54 Å². The fourth-order valence-electron chi connectivity index (χ4n) is 1.94. The van der Waals surface area contributed by atoms with Gasteiger partial charge in [-0.1, -0.05) is 18.2 Å². The summed E-state index contributed by atoms with van der Waals surface area (Å²) in [7, 11) is -3.75. The molecule has 0 saturated heterocycles. The van der Waals surface area contributed by atoms with Gasteiger partial charge in [0.25, 0.3) is 10.1 Å². The second-order valence-corrected chi connectivity index (χ2v) is 8.47. The predicted octanol–water partition coefficient (Wildman–Crippen LogP) is 1.97. The molecule has 10 heteroatoms.